The van der Waals surface area contributed by atoms with Crippen molar-refractivity contribution >= 4 is 17.5 Å². The molecule has 2 aliphatic rings. The molecular formula is C26H27N7O. The van der Waals surface area contributed by atoms with Gasteiger partial charge in [-0.3, -0.25) is 0 Å². The van der Waals surface area contributed by atoms with E-state index in [1.54, 1.807) is 24.3 Å². The molecule has 5 rings (SSSR count). The van der Waals surface area contributed by atoms with Crippen molar-refractivity contribution in [2.24, 2.45) is 0 Å². The molecule has 0 atom stereocenters. The maximum absolute atomic E-state index is 13.0. The van der Waals surface area contributed by atoms with Crippen molar-refractivity contribution in [3.8, 4) is 17.5 Å². The molecular weight excluding hydrogens is 426 g/mol. The molecule has 172 valence electrons. The summed E-state index contributed by atoms with van der Waals surface area (Å²) in [6.45, 7) is 4.79. The number of urea groups is 1. The minimum atomic E-state index is -0.160. The Morgan fingerprint density at radius 3 is 2.41 bits per heavy atom. The number of amides is 2. The van der Waals surface area contributed by atoms with E-state index < -0.39 is 0 Å². The zero-order valence-corrected chi connectivity index (χ0v) is 19.2. The van der Waals surface area contributed by atoms with Gasteiger partial charge in [0.2, 0.25) is 0 Å². The van der Waals surface area contributed by atoms with E-state index in [0.29, 0.717) is 30.8 Å². The van der Waals surface area contributed by atoms with Crippen LogP contribution in [0.4, 0.5) is 16.3 Å². The summed E-state index contributed by atoms with van der Waals surface area (Å²) in [7, 11) is 2.14. The number of nitriles is 1. The number of rotatable bonds is 3. The highest BCUT2D eigenvalue weighted by atomic mass is 16.2. The standard InChI is InChI=1S/C26H27N7O/c1-31-13-15-32(16-14-31)25-22-18-33(26(34)28-21-9-7-19(17-27)8-10-21)12-11-23(22)29-24(30-25)20-5-3-2-4-6-20/h2-10H,11-16,18H2,1H3,(H,28,34). The Bertz CT molecular complexity index is 1210. The second-order valence-corrected chi connectivity index (χ2v) is 8.74. The zero-order valence-electron chi connectivity index (χ0n) is 19.2. The Morgan fingerprint density at radius 2 is 1.71 bits per heavy atom. The fourth-order valence-electron chi connectivity index (χ4n) is 4.40. The molecule has 8 nitrogen and oxygen atoms in total. The summed E-state index contributed by atoms with van der Waals surface area (Å²) in [4.78, 5) is 29.4. The minimum absolute atomic E-state index is 0.160. The highest BCUT2D eigenvalue weighted by Gasteiger charge is 2.29. The Kier molecular flexibility index (Phi) is 6.11. The van der Waals surface area contributed by atoms with E-state index in [1.807, 2.05) is 35.2 Å². The summed E-state index contributed by atoms with van der Waals surface area (Å²) >= 11 is 0. The predicted octanol–water partition coefficient (Wildman–Crippen LogP) is 3.36. The van der Waals surface area contributed by atoms with Crippen LogP contribution in [0.3, 0.4) is 0 Å². The molecule has 0 spiro atoms. The van der Waals surface area contributed by atoms with E-state index in [1.165, 1.54) is 0 Å². The highest BCUT2D eigenvalue weighted by molar-refractivity contribution is 5.89. The molecule has 0 bridgehead atoms. The molecule has 2 aliphatic heterocycles. The number of benzene rings is 2. The maximum atomic E-state index is 13.0. The summed E-state index contributed by atoms with van der Waals surface area (Å²) in [6.07, 6.45) is 0.680. The fourth-order valence-corrected chi connectivity index (χ4v) is 4.40. The van der Waals surface area contributed by atoms with Crippen LogP contribution in [-0.4, -0.2) is 65.6 Å². The highest BCUT2D eigenvalue weighted by Crippen LogP contribution is 2.30. The zero-order chi connectivity index (χ0) is 23.5. The first kappa shape index (κ1) is 21.9. The van der Waals surface area contributed by atoms with Crippen LogP contribution in [0.25, 0.3) is 11.4 Å². The third kappa shape index (κ3) is 4.56. The number of hydrogen-bond donors (Lipinski definition) is 1. The van der Waals surface area contributed by atoms with Crippen molar-refractivity contribution in [1.82, 2.24) is 19.8 Å². The number of fused-ring (bicyclic) bond motifs is 1. The van der Waals surface area contributed by atoms with E-state index in [9.17, 15) is 4.79 Å². The van der Waals surface area contributed by atoms with E-state index >= 15 is 0 Å². The lowest BCUT2D eigenvalue weighted by Crippen LogP contribution is -2.46. The predicted molar refractivity (Wildman–Crippen MR) is 131 cm³/mol. The lowest BCUT2D eigenvalue weighted by molar-refractivity contribution is 0.206. The number of nitrogens with zero attached hydrogens (tertiary/aromatic N) is 6. The van der Waals surface area contributed by atoms with Crippen molar-refractivity contribution < 1.29 is 4.79 Å². The minimum Gasteiger partial charge on any atom is -0.354 e. The van der Waals surface area contributed by atoms with Gasteiger partial charge in [-0.15, -0.1) is 0 Å². The van der Waals surface area contributed by atoms with Crippen molar-refractivity contribution in [1.29, 1.82) is 5.26 Å². The Balaban J connectivity index is 1.43. The summed E-state index contributed by atoms with van der Waals surface area (Å²) in [5.74, 6) is 1.68. The van der Waals surface area contributed by atoms with Gasteiger partial charge in [0.1, 0.15) is 5.82 Å². The van der Waals surface area contributed by atoms with Gasteiger partial charge >= 0.3 is 6.03 Å². The molecule has 1 saturated heterocycles. The number of likely N-dealkylation sites (N-methyl/N-ethyl adjacent to an activating group) is 1. The van der Waals surface area contributed by atoms with Crippen LogP contribution >= 0.6 is 0 Å². The molecule has 0 radical (unpaired) electrons. The molecule has 1 aromatic heterocycles. The van der Waals surface area contributed by atoms with Gasteiger partial charge in [0.15, 0.2) is 5.82 Å². The van der Waals surface area contributed by atoms with Gasteiger partial charge in [-0.25, -0.2) is 14.8 Å². The Labute approximate surface area is 199 Å². The van der Waals surface area contributed by atoms with Crippen molar-refractivity contribution in [2.45, 2.75) is 13.0 Å². The summed E-state index contributed by atoms with van der Waals surface area (Å²) < 4.78 is 0. The lowest BCUT2D eigenvalue weighted by atomic mass is 10.0. The number of aromatic nitrogens is 2. The van der Waals surface area contributed by atoms with Crippen LogP contribution in [-0.2, 0) is 13.0 Å². The van der Waals surface area contributed by atoms with Gasteiger partial charge in [-0.1, -0.05) is 30.3 Å². The van der Waals surface area contributed by atoms with E-state index in [2.05, 4.69) is 28.2 Å². The van der Waals surface area contributed by atoms with Gasteiger partial charge in [0.05, 0.1) is 23.9 Å². The third-order valence-corrected chi connectivity index (χ3v) is 6.43. The molecule has 2 aromatic carbocycles. The molecule has 1 N–H and O–H groups in total. The van der Waals surface area contributed by atoms with Crippen LogP contribution in [0, 0.1) is 11.3 Å². The lowest BCUT2D eigenvalue weighted by Gasteiger charge is -2.37. The van der Waals surface area contributed by atoms with Crippen LogP contribution in [0.1, 0.15) is 16.8 Å². The largest absolute Gasteiger partial charge is 0.354 e. The second kappa shape index (κ2) is 9.49. The number of carbonyl (C=O) groups is 1. The Morgan fingerprint density at radius 1 is 0.971 bits per heavy atom. The first-order chi connectivity index (χ1) is 16.6. The van der Waals surface area contributed by atoms with Gasteiger partial charge in [0, 0.05) is 56.0 Å². The average molecular weight is 454 g/mol. The number of nitrogens with one attached hydrogen (secondary N) is 1. The van der Waals surface area contributed by atoms with E-state index in [4.69, 9.17) is 15.2 Å². The molecule has 0 unspecified atom stereocenters. The number of piperazine rings is 1. The smallest absolute Gasteiger partial charge is 0.322 e. The molecule has 3 aromatic rings. The van der Waals surface area contributed by atoms with Crippen LogP contribution in [0.5, 0.6) is 0 Å². The molecule has 2 amide bonds. The van der Waals surface area contributed by atoms with Gasteiger partial charge in [-0.2, -0.15) is 5.26 Å². The summed E-state index contributed by atoms with van der Waals surface area (Å²) in [5, 5.41) is 11.9. The van der Waals surface area contributed by atoms with Crippen molar-refractivity contribution in [2.75, 3.05) is 50.0 Å². The maximum Gasteiger partial charge on any atom is 0.322 e. The topological polar surface area (TPSA) is 88.4 Å². The fraction of sp³-hybridized carbons (Fsp3) is 0.308. The van der Waals surface area contributed by atoms with Crippen LogP contribution in [0.15, 0.2) is 54.6 Å². The normalized spacial score (nSPS) is 16.0. The summed E-state index contributed by atoms with van der Waals surface area (Å²) in [6, 6.07) is 18.9. The van der Waals surface area contributed by atoms with Crippen molar-refractivity contribution in [3.05, 3.63) is 71.4 Å². The average Bonchev–Trinajstić information content (AvgIpc) is 2.89. The van der Waals surface area contributed by atoms with E-state index in [0.717, 1.165) is 54.6 Å². The van der Waals surface area contributed by atoms with Crippen LogP contribution in [0.2, 0.25) is 0 Å². The molecule has 1 fully saturated rings. The van der Waals surface area contributed by atoms with E-state index in [-0.39, 0.29) is 6.03 Å². The molecule has 34 heavy (non-hydrogen) atoms. The third-order valence-electron chi connectivity index (χ3n) is 6.43. The van der Waals surface area contributed by atoms with Gasteiger partial charge in [0.25, 0.3) is 0 Å². The Hall–Kier alpha value is -3.96. The monoisotopic (exact) mass is 453 g/mol. The quantitative estimate of drug-likeness (QED) is 0.654. The number of anilines is 2. The van der Waals surface area contributed by atoms with Crippen LogP contribution < -0.4 is 10.2 Å². The van der Waals surface area contributed by atoms with Gasteiger partial charge < -0.3 is 20.0 Å². The number of hydrogen-bond acceptors (Lipinski definition) is 6. The first-order valence-electron chi connectivity index (χ1n) is 11.6. The molecule has 0 saturated carbocycles. The summed E-state index contributed by atoms with van der Waals surface area (Å²) in [5.41, 5.74) is 4.29. The second-order valence-electron chi connectivity index (χ2n) is 8.74. The molecule has 8 heteroatoms. The van der Waals surface area contributed by atoms with Gasteiger partial charge in [-0.05, 0) is 31.3 Å². The first-order valence-corrected chi connectivity index (χ1v) is 11.6. The van der Waals surface area contributed by atoms with Crippen molar-refractivity contribution in [3.63, 3.8) is 0 Å². The SMILES string of the molecule is CN1CCN(c2nc(-c3ccccc3)nc3c2CN(C(=O)Nc2ccc(C#N)cc2)CC3)CC1. The molecule has 0 aliphatic carbocycles. The molecule has 3 heterocycles. The number of carbonyl (C=O) groups excluding carboxylic acids is 1.